The molecular formula is C24H21NO8. The van der Waals surface area contributed by atoms with Gasteiger partial charge in [-0.3, -0.25) is 10.1 Å². The molecule has 1 unspecified atom stereocenters. The number of ether oxygens (including phenoxy) is 4. The summed E-state index contributed by atoms with van der Waals surface area (Å²) >= 11 is 0. The normalized spacial score (nSPS) is 12.2. The predicted molar refractivity (Wildman–Crippen MR) is 117 cm³/mol. The first-order chi connectivity index (χ1) is 15.8. The van der Waals surface area contributed by atoms with Crippen LogP contribution in [0, 0.1) is 10.1 Å². The maximum atomic E-state index is 12.7. The van der Waals surface area contributed by atoms with Crippen molar-refractivity contribution in [2.24, 2.45) is 0 Å². The SMILES string of the molecule is CCOC(=O)C(C)(OC(=O)Oc1ccc([N+](=O)[O-])cc1)c1ccc(Oc2ccccc2)cc1. The van der Waals surface area contributed by atoms with Crippen molar-refractivity contribution >= 4 is 17.8 Å². The van der Waals surface area contributed by atoms with Crippen LogP contribution in [0.2, 0.25) is 0 Å². The summed E-state index contributed by atoms with van der Waals surface area (Å²) in [6.45, 7) is 3.09. The van der Waals surface area contributed by atoms with E-state index in [-0.39, 0.29) is 18.0 Å². The number of carbonyl (C=O) groups excluding carboxylic acids is 2. The third-order valence-electron chi connectivity index (χ3n) is 4.59. The van der Waals surface area contributed by atoms with E-state index in [2.05, 4.69) is 0 Å². The minimum absolute atomic E-state index is 0.0171. The number of nitro benzene ring substituents is 1. The Bertz CT molecular complexity index is 1110. The van der Waals surface area contributed by atoms with Gasteiger partial charge in [0.15, 0.2) is 0 Å². The highest BCUT2D eigenvalue weighted by molar-refractivity contribution is 5.83. The minimum atomic E-state index is -1.81. The van der Waals surface area contributed by atoms with Crippen molar-refractivity contribution < 1.29 is 33.5 Å². The fourth-order valence-electron chi connectivity index (χ4n) is 2.87. The average Bonchev–Trinajstić information content (AvgIpc) is 2.80. The number of carbonyl (C=O) groups is 2. The molecule has 170 valence electrons. The van der Waals surface area contributed by atoms with Crippen molar-refractivity contribution in [3.8, 4) is 17.2 Å². The zero-order valence-corrected chi connectivity index (χ0v) is 17.9. The molecular weight excluding hydrogens is 430 g/mol. The standard InChI is InChI=1S/C24H21NO8/c1-3-30-22(26)24(2,33-23(27)32-21-15-11-18(12-16-21)25(28)29)17-9-13-20(14-10-17)31-19-7-5-4-6-8-19/h4-16H,3H2,1-2H3. The summed E-state index contributed by atoms with van der Waals surface area (Å²) in [6, 6.07) is 20.4. The van der Waals surface area contributed by atoms with Gasteiger partial charge in [-0.25, -0.2) is 9.59 Å². The summed E-state index contributed by atoms with van der Waals surface area (Å²) < 4.78 is 21.3. The molecule has 0 aromatic heterocycles. The predicted octanol–water partition coefficient (Wildman–Crippen LogP) is 5.38. The van der Waals surface area contributed by atoms with Crippen molar-refractivity contribution in [2.75, 3.05) is 6.61 Å². The van der Waals surface area contributed by atoms with Gasteiger partial charge >= 0.3 is 12.1 Å². The van der Waals surface area contributed by atoms with Gasteiger partial charge in [0.25, 0.3) is 5.69 Å². The van der Waals surface area contributed by atoms with E-state index >= 15 is 0 Å². The van der Waals surface area contributed by atoms with E-state index in [4.69, 9.17) is 18.9 Å². The van der Waals surface area contributed by atoms with Gasteiger partial charge in [0.1, 0.15) is 17.2 Å². The summed E-state index contributed by atoms with van der Waals surface area (Å²) in [5, 5.41) is 10.8. The molecule has 0 heterocycles. The lowest BCUT2D eigenvalue weighted by molar-refractivity contribution is -0.384. The molecule has 0 radical (unpaired) electrons. The van der Waals surface area contributed by atoms with E-state index in [0.29, 0.717) is 17.1 Å². The highest BCUT2D eigenvalue weighted by atomic mass is 16.7. The molecule has 0 saturated carbocycles. The first-order valence-corrected chi connectivity index (χ1v) is 9.98. The van der Waals surface area contributed by atoms with Crippen LogP contribution in [0.3, 0.4) is 0 Å². The molecule has 0 amide bonds. The second-order valence-electron chi connectivity index (χ2n) is 6.90. The van der Waals surface area contributed by atoms with Crippen LogP contribution in [0.5, 0.6) is 17.2 Å². The van der Waals surface area contributed by atoms with Crippen molar-refractivity contribution in [2.45, 2.75) is 19.4 Å². The molecule has 0 bridgehead atoms. The van der Waals surface area contributed by atoms with E-state index in [0.717, 1.165) is 0 Å². The number of esters is 1. The van der Waals surface area contributed by atoms with Gasteiger partial charge in [0.2, 0.25) is 5.60 Å². The van der Waals surface area contributed by atoms with Crippen LogP contribution in [-0.4, -0.2) is 23.7 Å². The largest absolute Gasteiger partial charge is 0.515 e. The lowest BCUT2D eigenvalue weighted by atomic mass is 9.95. The number of nitro groups is 1. The third kappa shape index (κ3) is 5.85. The molecule has 3 aromatic rings. The number of benzene rings is 3. The second-order valence-corrected chi connectivity index (χ2v) is 6.90. The van der Waals surface area contributed by atoms with Crippen LogP contribution < -0.4 is 9.47 Å². The number of hydrogen-bond acceptors (Lipinski definition) is 8. The highest BCUT2D eigenvalue weighted by Crippen LogP contribution is 2.31. The fraction of sp³-hybridized carbons (Fsp3) is 0.167. The van der Waals surface area contributed by atoms with Crippen molar-refractivity contribution in [1.29, 1.82) is 0 Å². The van der Waals surface area contributed by atoms with Gasteiger partial charge in [-0.05, 0) is 50.2 Å². The maximum absolute atomic E-state index is 12.7. The molecule has 9 heteroatoms. The van der Waals surface area contributed by atoms with E-state index in [1.165, 1.54) is 31.2 Å². The maximum Gasteiger partial charge on any atom is 0.515 e. The molecule has 0 N–H and O–H groups in total. The smallest absolute Gasteiger partial charge is 0.463 e. The topological polar surface area (TPSA) is 114 Å². The Labute approximate surface area is 189 Å². The van der Waals surface area contributed by atoms with Gasteiger partial charge < -0.3 is 18.9 Å². The Balaban J connectivity index is 1.77. The van der Waals surface area contributed by atoms with E-state index in [1.807, 2.05) is 18.2 Å². The van der Waals surface area contributed by atoms with Gasteiger partial charge in [-0.2, -0.15) is 0 Å². The van der Waals surface area contributed by atoms with Crippen LogP contribution >= 0.6 is 0 Å². The molecule has 0 aliphatic carbocycles. The van der Waals surface area contributed by atoms with Crippen molar-refractivity contribution in [1.82, 2.24) is 0 Å². The minimum Gasteiger partial charge on any atom is -0.463 e. The number of nitrogens with zero attached hydrogens (tertiary/aromatic N) is 1. The number of rotatable bonds is 8. The lowest BCUT2D eigenvalue weighted by Crippen LogP contribution is -2.40. The van der Waals surface area contributed by atoms with E-state index < -0.39 is 22.6 Å². The van der Waals surface area contributed by atoms with Crippen LogP contribution in [0.4, 0.5) is 10.5 Å². The number of hydrogen-bond donors (Lipinski definition) is 0. The van der Waals surface area contributed by atoms with Crippen LogP contribution in [-0.2, 0) is 19.9 Å². The Morgan fingerprint density at radius 2 is 1.45 bits per heavy atom. The summed E-state index contributed by atoms with van der Waals surface area (Å²) in [5.41, 5.74) is -1.63. The van der Waals surface area contributed by atoms with Crippen LogP contribution in [0.1, 0.15) is 19.4 Å². The molecule has 0 aliphatic heterocycles. The monoisotopic (exact) mass is 451 g/mol. The summed E-state index contributed by atoms with van der Waals surface area (Å²) in [5.74, 6) is 0.386. The molecule has 0 saturated heterocycles. The quantitative estimate of drug-likeness (QED) is 0.194. The second kappa shape index (κ2) is 10.3. The first-order valence-electron chi connectivity index (χ1n) is 9.98. The van der Waals surface area contributed by atoms with Crippen molar-refractivity contribution in [3.63, 3.8) is 0 Å². The molecule has 33 heavy (non-hydrogen) atoms. The summed E-state index contributed by atoms with van der Waals surface area (Å²) in [7, 11) is 0. The number of para-hydroxylation sites is 1. The van der Waals surface area contributed by atoms with Crippen LogP contribution in [0.25, 0.3) is 0 Å². The molecule has 0 spiro atoms. The fourth-order valence-corrected chi connectivity index (χ4v) is 2.87. The van der Waals surface area contributed by atoms with Crippen LogP contribution in [0.15, 0.2) is 78.9 Å². The average molecular weight is 451 g/mol. The third-order valence-corrected chi connectivity index (χ3v) is 4.59. The van der Waals surface area contributed by atoms with Gasteiger partial charge in [0.05, 0.1) is 11.5 Å². The van der Waals surface area contributed by atoms with E-state index in [9.17, 15) is 19.7 Å². The Hall–Kier alpha value is -4.40. The molecule has 3 rings (SSSR count). The Kier molecular flexibility index (Phi) is 7.24. The van der Waals surface area contributed by atoms with E-state index in [1.54, 1.807) is 43.3 Å². The molecule has 3 aromatic carbocycles. The lowest BCUT2D eigenvalue weighted by Gasteiger charge is -2.27. The molecule has 0 aliphatic rings. The summed E-state index contributed by atoms with van der Waals surface area (Å²) in [4.78, 5) is 35.3. The van der Waals surface area contributed by atoms with Gasteiger partial charge in [0, 0.05) is 17.7 Å². The molecule has 1 atom stereocenters. The first kappa shape index (κ1) is 23.3. The summed E-state index contributed by atoms with van der Waals surface area (Å²) in [6.07, 6.45) is -1.18. The zero-order chi connectivity index (χ0) is 23.8. The van der Waals surface area contributed by atoms with Gasteiger partial charge in [-0.1, -0.05) is 30.3 Å². The highest BCUT2D eigenvalue weighted by Gasteiger charge is 2.42. The molecule has 9 nitrogen and oxygen atoms in total. The zero-order valence-electron chi connectivity index (χ0n) is 17.9. The molecule has 0 fully saturated rings. The Morgan fingerprint density at radius 1 is 0.879 bits per heavy atom. The number of non-ortho nitro benzene ring substituents is 1. The Morgan fingerprint density at radius 3 is 2.03 bits per heavy atom. The van der Waals surface area contributed by atoms with Gasteiger partial charge in [-0.15, -0.1) is 0 Å². The van der Waals surface area contributed by atoms with Crippen molar-refractivity contribution in [3.05, 3.63) is 94.5 Å².